The van der Waals surface area contributed by atoms with Gasteiger partial charge in [-0.25, -0.2) is 13.6 Å². The highest BCUT2D eigenvalue weighted by atomic mass is 35.5. The molecule has 8 heteroatoms. The average molecular weight is 524 g/mol. The predicted octanol–water partition coefficient (Wildman–Crippen LogP) is 7.03. The van der Waals surface area contributed by atoms with Crippen LogP contribution in [0.25, 0.3) is 5.57 Å². The van der Waals surface area contributed by atoms with Gasteiger partial charge in [-0.05, 0) is 85.4 Å². The third-order valence-electron chi connectivity index (χ3n) is 6.91. The van der Waals surface area contributed by atoms with Crippen LogP contribution in [0.3, 0.4) is 0 Å². The summed E-state index contributed by atoms with van der Waals surface area (Å²) >= 11 is 6.36. The van der Waals surface area contributed by atoms with E-state index in [1.165, 1.54) is 24.3 Å². The number of carboxylic acid groups (broad SMARTS) is 1. The molecule has 0 aromatic heterocycles. The van der Waals surface area contributed by atoms with Gasteiger partial charge in [0.25, 0.3) is 0 Å². The van der Waals surface area contributed by atoms with Crippen LogP contribution in [-0.2, 0) is 11.4 Å². The number of benzene rings is 3. The van der Waals surface area contributed by atoms with Crippen molar-refractivity contribution in [1.29, 1.82) is 0 Å². The van der Waals surface area contributed by atoms with Crippen LogP contribution in [-0.4, -0.2) is 23.0 Å². The minimum atomic E-state index is -1.05. The number of carbonyl (C=O) groups excluding carboxylic acids is 1. The fourth-order valence-corrected chi connectivity index (χ4v) is 5.40. The first-order chi connectivity index (χ1) is 17.8. The number of hydrogen-bond donors (Lipinski definition) is 1. The molecule has 3 aromatic carbocycles. The number of hydrogen-bond acceptors (Lipinski definition) is 3. The third kappa shape index (κ3) is 5.09. The van der Waals surface area contributed by atoms with E-state index in [9.17, 15) is 23.5 Å². The molecule has 1 unspecified atom stereocenters. The maximum absolute atomic E-state index is 14.2. The molecule has 1 fully saturated rings. The third-order valence-corrected chi connectivity index (χ3v) is 7.15. The van der Waals surface area contributed by atoms with E-state index < -0.39 is 17.6 Å². The van der Waals surface area contributed by atoms with E-state index in [0.29, 0.717) is 29.3 Å². The molecule has 1 N–H and O–H groups in total. The van der Waals surface area contributed by atoms with Crippen molar-refractivity contribution in [1.82, 2.24) is 0 Å². The Morgan fingerprint density at radius 3 is 2.68 bits per heavy atom. The van der Waals surface area contributed by atoms with Gasteiger partial charge < -0.3 is 14.7 Å². The molecule has 2 aliphatic rings. The molecule has 0 bridgehead atoms. The van der Waals surface area contributed by atoms with Crippen LogP contribution >= 0.6 is 11.6 Å². The monoisotopic (exact) mass is 523 g/mol. The first kappa shape index (κ1) is 25.0. The lowest BCUT2D eigenvalue weighted by atomic mass is 9.95. The van der Waals surface area contributed by atoms with Crippen molar-refractivity contribution in [2.24, 2.45) is 0 Å². The Bertz CT molecular complexity index is 1420. The number of halogens is 3. The molecular weight excluding hydrogens is 500 g/mol. The minimum absolute atomic E-state index is 0.0550. The number of anilines is 1. The van der Waals surface area contributed by atoms with Crippen molar-refractivity contribution >= 4 is 34.7 Å². The summed E-state index contributed by atoms with van der Waals surface area (Å²) in [5.74, 6) is -1.92. The molecule has 190 valence electrons. The van der Waals surface area contributed by atoms with Gasteiger partial charge in [-0.3, -0.25) is 4.79 Å². The quantitative estimate of drug-likeness (QED) is 0.361. The summed E-state index contributed by atoms with van der Waals surface area (Å²) in [5, 5.41) is 9.94. The fourth-order valence-electron chi connectivity index (χ4n) is 5.23. The number of amides is 1. The van der Waals surface area contributed by atoms with Gasteiger partial charge in [-0.2, -0.15) is 0 Å². The topological polar surface area (TPSA) is 66.8 Å². The normalized spacial score (nSPS) is 17.5. The molecule has 0 saturated carbocycles. The van der Waals surface area contributed by atoms with Gasteiger partial charge in [0, 0.05) is 34.3 Å². The number of allylic oxidation sites excluding steroid dienone is 1. The standard InChI is InChI=1S/C29H24ClF2NO4/c30-19-8-11-27(37-16-18-7-9-20(31)15-25(18)32)24(14-19)22-5-2-6-23(22)26-10-12-28(34)33(26)21-4-1-3-17(13-21)29(35)36/h1,3-4,7-9,11,13-15,26H,2,5-6,10,12,16H2,(H,35,36). The summed E-state index contributed by atoms with van der Waals surface area (Å²) < 4.78 is 33.5. The number of ether oxygens (including phenoxy) is 1. The highest BCUT2D eigenvalue weighted by molar-refractivity contribution is 6.30. The Morgan fingerprint density at radius 2 is 1.89 bits per heavy atom. The lowest BCUT2D eigenvalue weighted by Crippen LogP contribution is -2.34. The second-order valence-electron chi connectivity index (χ2n) is 9.20. The van der Waals surface area contributed by atoms with E-state index >= 15 is 0 Å². The number of aromatic carboxylic acids is 1. The van der Waals surface area contributed by atoms with Crippen molar-refractivity contribution in [3.8, 4) is 5.75 Å². The van der Waals surface area contributed by atoms with Crippen molar-refractivity contribution in [3.05, 3.63) is 99.6 Å². The Balaban J connectivity index is 1.50. The van der Waals surface area contributed by atoms with E-state index in [4.69, 9.17) is 16.3 Å². The molecule has 1 heterocycles. The second-order valence-corrected chi connectivity index (χ2v) is 9.63. The molecular formula is C29H24ClF2NO4. The molecule has 1 atom stereocenters. The maximum Gasteiger partial charge on any atom is 0.335 e. The van der Waals surface area contributed by atoms with Gasteiger partial charge in [0.1, 0.15) is 24.0 Å². The maximum atomic E-state index is 14.2. The molecule has 1 saturated heterocycles. The zero-order valence-corrected chi connectivity index (χ0v) is 20.6. The summed E-state index contributed by atoms with van der Waals surface area (Å²) in [6, 6.07) is 14.8. The molecule has 0 radical (unpaired) electrons. The van der Waals surface area contributed by atoms with Crippen molar-refractivity contribution in [2.75, 3.05) is 4.90 Å². The highest BCUT2D eigenvalue weighted by Gasteiger charge is 2.37. The predicted molar refractivity (Wildman–Crippen MR) is 137 cm³/mol. The Kier molecular flexibility index (Phi) is 6.98. The van der Waals surface area contributed by atoms with Crippen LogP contribution in [0.5, 0.6) is 5.75 Å². The van der Waals surface area contributed by atoms with Crippen molar-refractivity contribution < 1.29 is 28.2 Å². The van der Waals surface area contributed by atoms with E-state index in [2.05, 4.69) is 0 Å². The van der Waals surface area contributed by atoms with E-state index in [1.54, 1.807) is 29.2 Å². The van der Waals surface area contributed by atoms with E-state index in [1.807, 2.05) is 6.07 Å². The summed E-state index contributed by atoms with van der Waals surface area (Å²) in [5.41, 5.74) is 3.80. The largest absolute Gasteiger partial charge is 0.488 e. The van der Waals surface area contributed by atoms with Crippen LogP contribution in [0, 0.1) is 11.6 Å². The summed E-state index contributed by atoms with van der Waals surface area (Å²) in [6.07, 6.45) is 3.40. The Labute approximate surface area is 217 Å². The molecule has 1 aliphatic heterocycles. The number of nitrogens with zero attached hydrogens (tertiary/aromatic N) is 1. The molecule has 0 spiro atoms. The first-order valence-electron chi connectivity index (χ1n) is 12.1. The smallest absolute Gasteiger partial charge is 0.335 e. The van der Waals surface area contributed by atoms with Crippen LogP contribution < -0.4 is 9.64 Å². The summed E-state index contributed by atoms with van der Waals surface area (Å²) in [7, 11) is 0. The minimum Gasteiger partial charge on any atom is -0.488 e. The number of carboxylic acids is 1. The van der Waals surface area contributed by atoms with Gasteiger partial charge in [0.2, 0.25) is 5.91 Å². The van der Waals surface area contributed by atoms with E-state index in [0.717, 1.165) is 42.0 Å². The number of carbonyl (C=O) groups is 2. The Morgan fingerprint density at radius 1 is 1.05 bits per heavy atom. The van der Waals surface area contributed by atoms with Gasteiger partial charge in [0.15, 0.2) is 0 Å². The summed E-state index contributed by atoms with van der Waals surface area (Å²) in [4.78, 5) is 26.2. The zero-order chi connectivity index (χ0) is 26.1. The lowest BCUT2D eigenvalue weighted by molar-refractivity contribution is -0.117. The van der Waals surface area contributed by atoms with Crippen molar-refractivity contribution in [3.63, 3.8) is 0 Å². The molecule has 5 nitrogen and oxygen atoms in total. The van der Waals surface area contributed by atoms with Crippen LogP contribution in [0.4, 0.5) is 14.5 Å². The van der Waals surface area contributed by atoms with Crippen LogP contribution in [0.2, 0.25) is 5.02 Å². The zero-order valence-electron chi connectivity index (χ0n) is 19.8. The second kappa shape index (κ2) is 10.3. The molecule has 1 aliphatic carbocycles. The van der Waals surface area contributed by atoms with Crippen LogP contribution in [0.1, 0.15) is 53.6 Å². The van der Waals surface area contributed by atoms with Gasteiger partial charge >= 0.3 is 5.97 Å². The average Bonchev–Trinajstić information content (AvgIpc) is 3.50. The molecule has 5 rings (SSSR count). The van der Waals surface area contributed by atoms with E-state index in [-0.39, 0.29) is 29.7 Å². The van der Waals surface area contributed by atoms with Crippen molar-refractivity contribution in [2.45, 2.75) is 44.8 Å². The molecule has 3 aromatic rings. The SMILES string of the molecule is O=C(O)c1cccc(N2C(=O)CCC2C2=C(c3cc(Cl)ccc3OCc3ccc(F)cc3F)CCC2)c1. The molecule has 37 heavy (non-hydrogen) atoms. The van der Waals surface area contributed by atoms with Gasteiger partial charge in [-0.15, -0.1) is 0 Å². The lowest BCUT2D eigenvalue weighted by Gasteiger charge is -2.28. The molecule has 1 amide bonds. The van der Waals surface area contributed by atoms with Gasteiger partial charge in [-0.1, -0.05) is 17.7 Å². The summed E-state index contributed by atoms with van der Waals surface area (Å²) in [6.45, 7) is -0.0839. The highest BCUT2D eigenvalue weighted by Crippen LogP contribution is 2.45. The first-order valence-corrected chi connectivity index (χ1v) is 12.4. The number of rotatable bonds is 7. The Hall–Kier alpha value is -3.71. The van der Waals surface area contributed by atoms with Crippen LogP contribution in [0.15, 0.2) is 66.2 Å². The van der Waals surface area contributed by atoms with Gasteiger partial charge in [0.05, 0.1) is 11.6 Å². The fraction of sp³-hybridized carbons (Fsp3) is 0.241.